The van der Waals surface area contributed by atoms with E-state index in [9.17, 15) is 22.7 Å². The summed E-state index contributed by atoms with van der Waals surface area (Å²) in [6.45, 7) is 3.33. The Morgan fingerprint density at radius 3 is 2.37 bits per heavy atom. The third-order valence-electron chi connectivity index (χ3n) is 4.80. The number of halogens is 1. The minimum absolute atomic E-state index is 0.0391. The van der Waals surface area contributed by atoms with E-state index < -0.39 is 21.8 Å². The van der Waals surface area contributed by atoms with Crippen LogP contribution in [0.15, 0.2) is 71.6 Å². The number of aromatic carboxylic acids is 1. The van der Waals surface area contributed by atoms with Crippen LogP contribution in [0.3, 0.4) is 0 Å². The lowest BCUT2D eigenvalue weighted by molar-refractivity contribution is 0.0695. The summed E-state index contributed by atoms with van der Waals surface area (Å²) < 4.78 is 41.8. The second kappa shape index (κ2) is 8.77. The molecule has 0 aliphatic rings. The van der Waals surface area contributed by atoms with E-state index >= 15 is 0 Å². The minimum atomic E-state index is -4.02. The number of carboxylic acids is 1. The zero-order valence-corrected chi connectivity index (χ0v) is 17.5. The molecule has 0 saturated carbocycles. The van der Waals surface area contributed by atoms with Crippen molar-refractivity contribution in [2.24, 2.45) is 0 Å². The van der Waals surface area contributed by atoms with Crippen LogP contribution in [0.5, 0.6) is 0 Å². The smallest absolute Gasteiger partial charge is 0.336 e. The standard InChI is InChI=1S/C23H22FNO4S/c1-16-6-5-7-18(12-16)14-25(15-19-8-3-4-9-21(19)23(26)27)30(28,29)20-10-11-22(24)17(2)13-20/h3-13H,14-15H2,1-2H3,(H,26,27). The van der Waals surface area contributed by atoms with E-state index in [0.29, 0.717) is 5.56 Å². The second-order valence-electron chi connectivity index (χ2n) is 7.14. The van der Waals surface area contributed by atoms with Crippen molar-refractivity contribution in [3.63, 3.8) is 0 Å². The largest absolute Gasteiger partial charge is 0.478 e. The van der Waals surface area contributed by atoms with E-state index in [2.05, 4.69) is 0 Å². The van der Waals surface area contributed by atoms with Gasteiger partial charge in [-0.2, -0.15) is 4.31 Å². The third-order valence-corrected chi connectivity index (χ3v) is 6.59. The van der Waals surface area contributed by atoms with Crippen molar-refractivity contribution in [1.29, 1.82) is 0 Å². The lowest BCUT2D eigenvalue weighted by Crippen LogP contribution is -2.31. The van der Waals surface area contributed by atoms with Crippen molar-refractivity contribution in [3.05, 3.63) is 100 Å². The quantitative estimate of drug-likeness (QED) is 0.601. The molecule has 3 aromatic carbocycles. The van der Waals surface area contributed by atoms with Crippen LogP contribution in [0.25, 0.3) is 0 Å². The van der Waals surface area contributed by atoms with Crippen LogP contribution < -0.4 is 0 Å². The second-order valence-corrected chi connectivity index (χ2v) is 9.07. The molecule has 0 amide bonds. The maximum atomic E-state index is 13.7. The number of rotatable bonds is 7. The van der Waals surface area contributed by atoms with Crippen LogP contribution in [0, 0.1) is 19.7 Å². The number of nitrogens with zero attached hydrogens (tertiary/aromatic N) is 1. The highest BCUT2D eigenvalue weighted by Crippen LogP contribution is 2.24. The number of benzene rings is 3. The van der Waals surface area contributed by atoms with Crippen molar-refractivity contribution in [1.82, 2.24) is 4.31 Å². The first-order valence-electron chi connectivity index (χ1n) is 9.31. The molecule has 7 heteroatoms. The number of aryl methyl sites for hydroxylation is 2. The molecule has 0 atom stereocenters. The average Bonchev–Trinajstić information content (AvgIpc) is 2.69. The fourth-order valence-corrected chi connectivity index (χ4v) is 4.72. The molecule has 156 valence electrons. The number of hydrogen-bond acceptors (Lipinski definition) is 3. The van der Waals surface area contributed by atoms with Crippen LogP contribution in [-0.4, -0.2) is 23.8 Å². The van der Waals surface area contributed by atoms with E-state index in [0.717, 1.165) is 17.2 Å². The Kier molecular flexibility index (Phi) is 6.34. The average molecular weight is 427 g/mol. The molecule has 3 aromatic rings. The zero-order valence-electron chi connectivity index (χ0n) is 16.7. The van der Waals surface area contributed by atoms with E-state index in [-0.39, 0.29) is 29.1 Å². The van der Waals surface area contributed by atoms with Gasteiger partial charge in [0.2, 0.25) is 10.0 Å². The van der Waals surface area contributed by atoms with Crippen molar-refractivity contribution < 1.29 is 22.7 Å². The van der Waals surface area contributed by atoms with E-state index in [4.69, 9.17) is 0 Å². The summed E-state index contributed by atoms with van der Waals surface area (Å²) >= 11 is 0. The molecule has 0 unspecified atom stereocenters. The van der Waals surface area contributed by atoms with Gasteiger partial charge in [-0.25, -0.2) is 17.6 Å². The van der Waals surface area contributed by atoms with Gasteiger partial charge in [-0.05, 0) is 54.8 Å². The molecular weight excluding hydrogens is 405 g/mol. The van der Waals surface area contributed by atoms with Gasteiger partial charge in [0.25, 0.3) is 0 Å². The number of hydrogen-bond donors (Lipinski definition) is 1. The van der Waals surface area contributed by atoms with E-state index in [1.807, 2.05) is 31.2 Å². The first kappa shape index (κ1) is 21.7. The summed E-state index contributed by atoms with van der Waals surface area (Å²) in [5.41, 5.74) is 2.38. The highest BCUT2D eigenvalue weighted by Gasteiger charge is 2.27. The number of sulfonamides is 1. The van der Waals surface area contributed by atoms with Gasteiger partial charge in [0.05, 0.1) is 10.5 Å². The summed E-state index contributed by atoms with van der Waals surface area (Å²) in [6, 6.07) is 17.4. The first-order valence-corrected chi connectivity index (χ1v) is 10.8. The fraction of sp³-hybridized carbons (Fsp3) is 0.174. The number of carboxylic acid groups (broad SMARTS) is 1. The molecule has 0 aliphatic heterocycles. The van der Waals surface area contributed by atoms with Crippen LogP contribution in [0.1, 0.15) is 32.6 Å². The normalized spacial score (nSPS) is 11.6. The first-order chi connectivity index (χ1) is 14.2. The van der Waals surface area contributed by atoms with Gasteiger partial charge in [0, 0.05) is 13.1 Å². The molecular formula is C23H22FNO4S. The van der Waals surface area contributed by atoms with Gasteiger partial charge in [0.15, 0.2) is 0 Å². The Morgan fingerprint density at radius 1 is 0.967 bits per heavy atom. The molecule has 0 saturated heterocycles. The van der Waals surface area contributed by atoms with Crippen LogP contribution in [0.4, 0.5) is 4.39 Å². The Balaban J connectivity index is 2.07. The van der Waals surface area contributed by atoms with Gasteiger partial charge in [-0.15, -0.1) is 0 Å². The summed E-state index contributed by atoms with van der Waals surface area (Å²) in [6.07, 6.45) is 0. The molecule has 1 N–H and O–H groups in total. The van der Waals surface area contributed by atoms with Crippen LogP contribution >= 0.6 is 0 Å². The monoisotopic (exact) mass is 427 g/mol. The Bertz CT molecular complexity index is 1190. The van der Waals surface area contributed by atoms with Crippen molar-refractivity contribution >= 4 is 16.0 Å². The fourth-order valence-electron chi connectivity index (χ4n) is 3.22. The molecule has 0 spiro atoms. The predicted molar refractivity (Wildman–Crippen MR) is 112 cm³/mol. The molecule has 5 nitrogen and oxygen atoms in total. The van der Waals surface area contributed by atoms with E-state index in [1.54, 1.807) is 18.2 Å². The molecule has 0 aliphatic carbocycles. The lowest BCUT2D eigenvalue weighted by atomic mass is 10.1. The molecule has 3 rings (SSSR count). The maximum absolute atomic E-state index is 13.7. The summed E-state index contributed by atoms with van der Waals surface area (Å²) in [5.74, 6) is -1.62. The van der Waals surface area contributed by atoms with Crippen molar-refractivity contribution in [3.8, 4) is 0 Å². The van der Waals surface area contributed by atoms with Gasteiger partial charge in [-0.1, -0.05) is 48.0 Å². The molecule has 0 aromatic heterocycles. The SMILES string of the molecule is Cc1cccc(CN(Cc2ccccc2C(=O)O)S(=O)(=O)c2ccc(F)c(C)c2)c1. The van der Waals surface area contributed by atoms with E-state index in [1.165, 1.54) is 29.4 Å². The lowest BCUT2D eigenvalue weighted by Gasteiger charge is -2.24. The van der Waals surface area contributed by atoms with Crippen LogP contribution in [-0.2, 0) is 23.1 Å². The Morgan fingerprint density at radius 2 is 1.70 bits per heavy atom. The molecule has 0 fully saturated rings. The zero-order chi connectivity index (χ0) is 21.9. The summed E-state index contributed by atoms with van der Waals surface area (Å²) in [7, 11) is -4.02. The maximum Gasteiger partial charge on any atom is 0.336 e. The summed E-state index contributed by atoms with van der Waals surface area (Å²) in [4.78, 5) is 11.6. The highest BCUT2D eigenvalue weighted by atomic mass is 32.2. The molecule has 0 radical (unpaired) electrons. The van der Waals surface area contributed by atoms with Crippen molar-refractivity contribution in [2.75, 3.05) is 0 Å². The summed E-state index contributed by atoms with van der Waals surface area (Å²) in [5, 5.41) is 9.48. The molecule has 0 bridgehead atoms. The van der Waals surface area contributed by atoms with Gasteiger partial charge >= 0.3 is 5.97 Å². The molecule has 30 heavy (non-hydrogen) atoms. The van der Waals surface area contributed by atoms with Gasteiger partial charge in [0.1, 0.15) is 5.82 Å². The van der Waals surface area contributed by atoms with Gasteiger partial charge in [-0.3, -0.25) is 0 Å². The number of carbonyl (C=O) groups is 1. The predicted octanol–water partition coefficient (Wildman–Crippen LogP) is 4.53. The van der Waals surface area contributed by atoms with Gasteiger partial charge < -0.3 is 5.11 Å². The Hall–Kier alpha value is -3.03. The van der Waals surface area contributed by atoms with Crippen LogP contribution in [0.2, 0.25) is 0 Å². The Labute approximate surface area is 175 Å². The third kappa shape index (κ3) is 4.75. The van der Waals surface area contributed by atoms with Crippen molar-refractivity contribution in [2.45, 2.75) is 31.8 Å². The minimum Gasteiger partial charge on any atom is -0.478 e. The highest BCUT2D eigenvalue weighted by molar-refractivity contribution is 7.89. The topological polar surface area (TPSA) is 74.7 Å². The molecule has 0 heterocycles.